The zero-order valence-electron chi connectivity index (χ0n) is 15.5. The monoisotopic (exact) mass is 445 g/mol. The molecule has 2 aromatic rings. The highest BCUT2D eigenvalue weighted by Crippen LogP contribution is 2.36. The van der Waals surface area contributed by atoms with E-state index in [-0.39, 0.29) is 37.6 Å². The molecule has 3 amide bonds. The van der Waals surface area contributed by atoms with E-state index in [1.165, 1.54) is 24.3 Å². The zero-order chi connectivity index (χ0) is 22.3. The number of carbonyl (C=O) groups excluding carboxylic acids is 2. The topological polar surface area (TPSA) is 152 Å². The summed E-state index contributed by atoms with van der Waals surface area (Å²) in [7, 11) is -4.48. The third-order valence-electron chi connectivity index (χ3n) is 4.75. The highest BCUT2D eigenvalue weighted by Gasteiger charge is 2.40. The third kappa shape index (κ3) is 3.29. The van der Waals surface area contributed by atoms with Gasteiger partial charge >= 0.3 is 6.03 Å². The largest absolute Gasteiger partial charge is 0.491 e. The lowest BCUT2D eigenvalue weighted by molar-refractivity contribution is -0.121. The molecule has 2 heterocycles. The van der Waals surface area contributed by atoms with Crippen molar-refractivity contribution in [2.45, 2.75) is 10.9 Å². The normalized spacial score (nSPS) is 18.0. The first-order chi connectivity index (χ1) is 14.8. The van der Waals surface area contributed by atoms with Gasteiger partial charge < -0.3 is 15.4 Å². The molecule has 31 heavy (non-hydrogen) atoms. The Morgan fingerprint density at radius 2 is 2.13 bits per heavy atom. The molecule has 0 bridgehead atoms. The van der Waals surface area contributed by atoms with Crippen LogP contribution in [0.1, 0.15) is 25.6 Å². The molecular weight excluding hydrogens is 429 g/mol. The van der Waals surface area contributed by atoms with E-state index < -0.39 is 45.3 Å². The molecule has 160 valence electrons. The van der Waals surface area contributed by atoms with Crippen LogP contribution in [0, 0.1) is 28.5 Å². The Morgan fingerprint density at radius 1 is 1.35 bits per heavy atom. The van der Waals surface area contributed by atoms with Crippen LogP contribution in [-0.4, -0.2) is 37.8 Å². The van der Waals surface area contributed by atoms with Crippen molar-refractivity contribution in [1.82, 2.24) is 9.62 Å². The highest BCUT2D eigenvalue weighted by atomic mass is 32.2. The number of urea groups is 1. The van der Waals surface area contributed by atoms with Crippen molar-refractivity contribution in [2.24, 2.45) is 0 Å². The molecule has 0 radical (unpaired) electrons. The second-order valence-corrected chi connectivity index (χ2v) is 8.45. The number of hydrogen-bond donors (Lipinski definition) is 2. The van der Waals surface area contributed by atoms with E-state index in [1.54, 1.807) is 12.1 Å². The number of nitriles is 2. The molecule has 2 N–H and O–H groups in total. The number of amides is 3. The van der Waals surface area contributed by atoms with Gasteiger partial charge in [0, 0.05) is 2.85 Å². The van der Waals surface area contributed by atoms with E-state index in [0.29, 0.717) is 4.31 Å². The Bertz CT molecular complexity index is 1340. The molecular formula is C19H16FN5O5S. The lowest BCUT2D eigenvalue weighted by Gasteiger charge is -2.29. The molecule has 1 atom stereocenters. The smallest absolute Gasteiger partial charge is 0.336 e. The predicted molar refractivity (Wildman–Crippen MR) is 106 cm³/mol. The second kappa shape index (κ2) is 7.27. The van der Waals surface area contributed by atoms with Crippen LogP contribution >= 0.6 is 0 Å². The SMILES string of the molecule is N#Cc1cc(F)c2c(c1)OC[C@@H]2NC(=O)CN1C(=O)Nc2cccc(C#N)c2S1(=O)=O.[HH].[HH]. The van der Waals surface area contributed by atoms with Crippen molar-refractivity contribution >= 4 is 27.6 Å². The van der Waals surface area contributed by atoms with Crippen molar-refractivity contribution in [3.05, 3.63) is 52.8 Å². The minimum absolute atomic E-state index is 0. The van der Waals surface area contributed by atoms with E-state index in [2.05, 4.69) is 10.6 Å². The van der Waals surface area contributed by atoms with Crippen LogP contribution in [-0.2, 0) is 14.8 Å². The van der Waals surface area contributed by atoms with Gasteiger partial charge in [-0.05, 0) is 24.3 Å². The van der Waals surface area contributed by atoms with Gasteiger partial charge in [-0.15, -0.1) is 0 Å². The number of nitrogens with zero attached hydrogens (tertiary/aromatic N) is 3. The third-order valence-corrected chi connectivity index (χ3v) is 6.58. The molecule has 0 saturated carbocycles. The first-order valence-corrected chi connectivity index (χ1v) is 10.2. The maximum atomic E-state index is 14.3. The molecule has 0 fully saturated rings. The van der Waals surface area contributed by atoms with Crippen LogP contribution in [0.5, 0.6) is 5.75 Å². The summed E-state index contributed by atoms with van der Waals surface area (Å²) >= 11 is 0. The number of halogens is 1. The standard InChI is InChI=1S/C19H12FN5O5S.2H2/c20-12-4-10(6-21)5-15-17(12)14(9-30-15)23-16(26)8-25-19(27)24-13-3-1-2-11(7-22)18(13)31(25,28)29;;/h1-5,14H,8-9H2,(H,23,26)(H,24,27);2*1H/t14-;;/m0../s1. The van der Waals surface area contributed by atoms with E-state index >= 15 is 0 Å². The lowest BCUT2D eigenvalue weighted by Crippen LogP contribution is -2.49. The number of nitrogens with one attached hydrogen (secondary N) is 2. The maximum Gasteiger partial charge on any atom is 0.336 e. The average molecular weight is 445 g/mol. The van der Waals surface area contributed by atoms with Gasteiger partial charge in [-0.1, -0.05) is 6.07 Å². The van der Waals surface area contributed by atoms with Gasteiger partial charge in [0.25, 0.3) is 10.0 Å². The summed E-state index contributed by atoms with van der Waals surface area (Å²) < 4.78 is 45.8. The molecule has 0 unspecified atom stereocenters. The number of ether oxygens (including phenoxy) is 1. The summed E-state index contributed by atoms with van der Waals surface area (Å²) in [5.41, 5.74) is -0.174. The van der Waals surface area contributed by atoms with Crippen LogP contribution in [0.2, 0.25) is 0 Å². The Morgan fingerprint density at radius 3 is 2.84 bits per heavy atom. The van der Waals surface area contributed by atoms with Crippen molar-refractivity contribution in [3.63, 3.8) is 0 Å². The number of fused-ring (bicyclic) bond motifs is 2. The maximum absolute atomic E-state index is 14.3. The number of hydrogen-bond acceptors (Lipinski definition) is 7. The van der Waals surface area contributed by atoms with Gasteiger partial charge in [-0.3, -0.25) is 4.79 Å². The van der Waals surface area contributed by atoms with Crippen molar-refractivity contribution in [3.8, 4) is 17.9 Å². The Balaban J connectivity index is 0.00000193. The van der Waals surface area contributed by atoms with E-state index in [9.17, 15) is 27.7 Å². The van der Waals surface area contributed by atoms with Crippen LogP contribution in [0.25, 0.3) is 0 Å². The van der Waals surface area contributed by atoms with Crippen LogP contribution in [0.4, 0.5) is 14.9 Å². The Kier molecular flexibility index (Phi) is 4.72. The molecule has 0 aliphatic carbocycles. The summed E-state index contributed by atoms with van der Waals surface area (Å²) in [5.74, 6) is -1.55. The summed E-state index contributed by atoms with van der Waals surface area (Å²) in [5, 5.41) is 22.9. The molecule has 0 aromatic heterocycles. The van der Waals surface area contributed by atoms with E-state index in [4.69, 9.17) is 10.00 Å². The van der Waals surface area contributed by atoms with Crippen LogP contribution < -0.4 is 15.4 Å². The summed E-state index contributed by atoms with van der Waals surface area (Å²) in [6.07, 6.45) is 0. The number of sulfonamides is 1. The van der Waals surface area contributed by atoms with Crippen molar-refractivity contribution in [1.29, 1.82) is 10.5 Å². The fraction of sp³-hybridized carbons (Fsp3) is 0.158. The van der Waals surface area contributed by atoms with Gasteiger partial charge in [-0.2, -0.15) is 10.5 Å². The number of rotatable bonds is 3. The highest BCUT2D eigenvalue weighted by molar-refractivity contribution is 7.90. The molecule has 12 heteroatoms. The van der Waals surface area contributed by atoms with Crippen molar-refractivity contribution in [2.75, 3.05) is 18.5 Å². The van der Waals surface area contributed by atoms with Gasteiger partial charge in [0.05, 0.1) is 34.5 Å². The minimum Gasteiger partial charge on any atom is -0.491 e. The molecule has 0 spiro atoms. The lowest BCUT2D eigenvalue weighted by atomic mass is 10.1. The first-order valence-electron chi connectivity index (χ1n) is 8.78. The fourth-order valence-corrected chi connectivity index (χ4v) is 4.97. The molecule has 2 aliphatic rings. The van der Waals surface area contributed by atoms with Crippen LogP contribution in [0.3, 0.4) is 0 Å². The molecule has 10 nitrogen and oxygen atoms in total. The number of benzene rings is 2. The minimum atomic E-state index is -4.48. The van der Waals surface area contributed by atoms with E-state index in [0.717, 1.165) is 6.07 Å². The second-order valence-electron chi connectivity index (χ2n) is 6.65. The van der Waals surface area contributed by atoms with Gasteiger partial charge in [0.2, 0.25) is 5.91 Å². The average Bonchev–Trinajstić information content (AvgIpc) is 3.13. The molecule has 4 rings (SSSR count). The summed E-state index contributed by atoms with van der Waals surface area (Å²) in [4.78, 5) is 24.4. The van der Waals surface area contributed by atoms with E-state index in [1.807, 2.05) is 0 Å². The quantitative estimate of drug-likeness (QED) is 0.731. The molecule has 2 aromatic carbocycles. The van der Waals surface area contributed by atoms with Gasteiger partial charge in [0.15, 0.2) is 0 Å². The summed E-state index contributed by atoms with van der Waals surface area (Å²) in [6.45, 7) is -1.02. The molecule has 0 saturated heterocycles. The fourth-order valence-electron chi connectivity index (χ4n) is 3.41. The molecule has 2 aliphatic heterocycles. The Hall–Kier alpha value is -4.16. The first kappa shape index (κ1) is 20.1. The van der Waals surface area contributed by atoms with Crippen LogP contribution in [0.15, 0.2) is 35.2 Å². The summed E-state index contributed by atoms with van der Waals surface area (Å²) in [6, 6.07) is 7.88. The number of anilines is 1. The number of carbonyl (C=O) groups is 2. The Labute approximate surface area is 178 Å². The zero-order valence-corrected chi connectivity index (χ0v) is 16.4. The van der Waals surface area contributed by atoms with Gasteiger partial charge in [0.1, 0.15) is 35.7 Å². The van der Waals surface area contributed by atoms with Crippen molar-refractivity contribution < 1.29 is 30.0 Å². The predicted octanol–water partition coefficient (Wildman–Crippen LogP) is 1.85. The van der Waals surface area contributed by atoms with Gasteiger partial charge in [-0.25, -0.2) is 21.9 Å².